The first kappa shape index (κ1) is 31.8. The molecule has 0 aliphatic carbocycles. The summed E-state index contributed by atoms with van der Waals surface area (Å²) < 4.78 is 42.4. The second-order valence-electron chi connectivity index (χ2n) is 10.1. The van der Waals surface area contributed by atoms with Gasteiger partial charge in [-0.2, -0.15) is 12.7 Å². The predicted octanol–water partition coefficient (Wildman–Crippen LogP) is 4.30. The lowest BCUT2D eigenvalue weighted by Gasteiger charge is -2.34. The van der Waals surface area contributed by atoms with Gasteiger partial charge in [0.05, 0.1) is 5.69 Å². The smallest absolute Gasteiger partial charge is 0.304 e. The third-order valence-corrected chi connectivity index (χ3v) is 8.66. The maximum Gasteiger partial charge on any atom is 0.304 e. The van der Waals surface area contributed by atoms with Crippen LogP contribution in [0.2, 0.25) is 0 Å². The summed E-state index contributed by atoms with van der Waals surface area (Å²) in [7, 11) is -1.42. The van der Waals surface area contributed by atoms with Gasteiger partial charge in [-0.05, 0) is 54.3 Å². The molecule has 10 heteroatoms. The molecule has 3 aromatic rings. The van der Waals surface area contributed by atoms with E-state index < -0.39 is 34.5 Å². The Labute approximate surface area is 243 Å². The average molecular weight is 583 g/mol. The fraction of sp³-hybridized carbons (Fsp3) is 0.355. The topological polar surface area (TPSA) is 90.0 Å². The maximum absolute atomic E-state index is 14.2. The summed E-state index contributed by atoms with van der Waals surface area (Å²) in [6.45, 7) is 3.93. The van der Waals surface area contributed by atoms with Crippen molar-refractivity contribution in [3.8, 4) is 0 Å². The monoisotopic (exact) mass is 582 g/mol. The molecule has 0 saturated heterocycles. The van der Waals surface area contributed by atoms with Crippen molar-refractivity contribution >= 4 is 27.7 Å². The quantitative estimate of drug-likeness (QED) is 0.287. The number of rotatable bonds is 14. The molecular weight excluding hydrogens is 543 g/mol. The third-order valence-electron chi connectivity index (χ3n) is 6.84. The van der Waals surface area contributed by atoms with Gasteiger partial charge in [-0.3, -0.25) is 9.59 Å². The number of nitrogens with one attached hydrogen (secondary N) is 1. The maximum atomic E-state index is 14.2. The molecule has 0 spiro atoms. The Morgan fingerprint density at radius 1 is 0.927 bits per heavy atom. The molecule has 0 aromatic heterocycles. The minimum Gasteiger partial charge on any atom is -0.354 e. The Bertz CT molecular complexity index is 1400. The number of nitrogens with zero attached hydrogens (tertiary/aromatic N) is 3. The van der Waals surface area contributed by atoms with Gasteiger partial charge >= 0.3 is 10.2 Å². The third kappa shape index (κ3) is 8.61. The molecule has 3 rings (SSSR count). The summed E-state index contributed by atoms with van der Waals surface area (Å²) >= 11 is 0. The van der Waals surface area contributed by atoms with E-state index in [2.05, 4.69) is 5.32 Å². The highest BCUT2D eigenvalue weighted by atomic mass is 32.2. The fourth-order valence-electron chi connectivity index (χ4n) is 4.36. The van der Waals surface area contributed by atoms with Crippen LogP contribution in [0.15, 0.2) is 78.9 Å². The number of unbranched alkanes of at least 4 members (excludes halogenated alkanes) is 1. The van der Waals surface area contributed by atoms with Crippen molar-refractivity contribution in [2.45, 2.75) is 45.7 Å². The van der Waals surface area contributed by atoms with Gasteiger partial charge in [-0.15, -0.1) is 0 Å². The zero-order valence-corrected chi connectivity index (χ0v) is 24.9. The van der Waals surface area contributed by atoms with Crippen molar-refractivity contribution in [2.24, 2.45) is 0 Å². The average Bonchev–Trinajstić information content (AvgIpc) is 2.95. The van der Waals surface area contributed by atoms with E-state index in [-0.39, 0.29) is 24.6 Å². The van der Waals surface area contributed by atoms with Crippen LogP contribution >= 0.6 is 0 Å². The Morgan fingerprint density at radius 2 is 1.56 bits per heavy atom. The number of carbonyl (C=O) groups excluding carboxylic acids is 2. The van der Waals surface area contributed by atoms with E-state index in [9.17, 15) is 22.4 Å². The molecule has 0 unspecified atom stereocenters. The van der Waals surface area contributed by atoms with Crippen LogP contribution in [0.4, 0.5) is 10.1 Å². The zero-order chi connectivity index (χ0) is 30.0. The highest BCUT2D eigenvalue weighted by Gasteiger charge is 2.34. The molecule has 0 aliphatic heterocycles. The summed E-state index contributed by atoms with van der Waals surface area (Å²) in [6.07, 6.45) is 1.92. The van der Waals surface area contributed by atoms with Crippen LogP contribution in [-0.2, 0) is 32.8 Å². The molecule has 0 saturated carbocycles. The minimum absolute atomic E-state index is 0.101. The summed E-state index contributed by atoms with van der Waals surface area (Å²) in [6, 6.07) is 21.0. The van der Waals surface area contributed by atoms with Crippen LogP contribution in [0.3, 0.4) is 0 Å². The molecule has 1 N–H and O–H groups in total. The normalized spacial score (nSPS) is 12.1. The van der Waals surface area contributed by atoms with Gasteiger partial charge in [0.15, 0.2) is 0 Å². The van der Waals surface area contributed by atoms with Crippen molar-refractivity contribution in [3.05, 3.63) is 101 Å². The fourth-order valence-corrected chi connectivity index (χ4v) is 5.41. The molecule has 8 nitrogen and oxygen atoms in total. The summed E-state index contributed by atoms with van der Waals surface area (Å²) in [5.74, 6) is -1.40. The van der Waals surface area contributed by atoms with Crippen molar-refractivity contribution in [2.75, 3.05) is 31.5 Å². The van der Waals surface area contributed by atoms with Crippen LogP contribution < -0.4 is 9.62 Å². The SMILES string of the molecule is CCCCNC(=O)[C@@H](Cc1ccccc1)N(Cc1ccccc1C)C(=O)CN(c1ccc(F)cc1)S(=O)(=O)N(C)C. The summed E-state index contributed by atoms with van der Waals surface area (Å²) in [5.41, 5.74) is 2.77. The predicted molar refractivity (Wildman–Crippen MR) is 160 cm³/mol. The Hall–Kier alpha value is -3.76. The molecule has 1 atom stereocenters. The molecule has 0 radical (unpaired) electrons. The van der Waals surface area contributed by atoms with Gasteiger partial charge < -0.3 is 10.2 Å². The summed E-state index contributed by atoms with van der Waals surface area (Å²) in [5, 5.41) is 2.96. The molecule has 41 heavy (non-hydrogen) atoms. The molecule has 0 bridgehead atoms. The molecule has 0 aliphatic rings. The number of benzene rings is 3. The van der Waals surface area contributed by atoms with Gasteiger partial charge in [0.1, 0.15) is 18.4 Å². The Kier molecular flexibility index (Phi) is 11.4. The lowest BCUT2D eigenvalue weighted by atomic mass is 10.0. The van der Waals surface area contributed by atoms with Gasteiger partial charge in [-0.1, -0.05) is 67.9 Å². The molecule has 220 valence electrons. The van der Waals surface area contributed by atoms with E-state index in [0.717, 1.165) is 50.3 Å². The molecule has 0 fully saturated rings. The first-order chi connectivity index (χ1) is 19.5. The lowest BCUT2D eigenvalue weighted by Crippen LogP contribution is -2.54. The van der Waals surface area contributed by atoms with E-state index in [4.69, 9.17) is 0 Å². The van der Waals surface area contributed by atoms with Crippen molar-refractivity contribution < 1.29 is 22.4 Å². The Morgan fingerprint density at radius 3 is 2.17 bits per heavy atom. The van der Waals surface area contributed by atoms with Crippen molar-refractivity contribution in [3.63, 3.8) is 0 Å². The highest BCUT2D eigenvalue weighted by Crippen LogP contribution is 2.23. The number of halogens is 1. The number of anilines is 1. The van der Waals surface area contributed by atoms with Crippen molar-refractivity contribution in [1.29, 1.82) is 0 Å². The van der Waals surface area contributed by atoms with E-state index in [1.165, 1.54) is 31.1 Å². The standard InChI is InChI=1S/C31H39FN4O4S/c1-5-6-20-33-31(38)29(21-25-13-8-7-9-14-25)35(22-26-15-11-10-12-24(26)2)30(37)23-36(41(39,40)34(3)4)28-18-16-27(32)17-19-28/h7-19,29H,5-6,20-23H2,1-4H3,(H,33,38)/t29-/m1/s1. The molecule has 3 aromatic carbocycles. The van der Waals surface area contributed by atoms with E-state index in [1.54, 1.807) is 0 Å². The first-order valence-corrected chi connectivity index (χ1v) is 15.1. The number of aryl methyl sites for hydroxylation is 1. The second kappa shape index (κ2) is 14.7. The van der Waals surface area contributed by atoms with Crippen LogP contribution in [0.25, 0.3) is 0 Å². The van der Waals surface area contributed by atoms with Gasteiger partial charge in [-0.25, -0.2) is 8.70 Å². The minimum atomic E-state index is -4.14. The number of hydrogen-bond acceptors (Lipinski definition) is 4. The van der Waals surface area contributed by atoms with Crippen molar-refractivity contribution in [1.82, 2.24) is 14.5 Å². The zero-order valence-electron chi connectivity index (χ0n) is 24.1. The number of amides is 2. The second-order valence-corrected chi connectivity index (χ2v) is 12.1. The molecule has 2 amide bonds. The van der Waals surface area contributed by atoms with Crippen LogP contribution in [-0.4, -0.2) is 62.7 Å². The molecular formula is C31H39FN4O4S. The largest absolute Gasteiger partial charge is 0.354 e. The van der Waals surface area contributed by atoms with Gasteiger partial charge in [0.2, 0.25) is 11.8 Å². The van der Waals surface area contributed by atoms with Crippen LogP contribution in [0.1, 0.15) is 36.5 Å². The molecule has 0 heterocycles. The van der Waals surface area contributed by atoms with E-state index in [0.29, 0.717) is 6.54 Å². The first-order valence-electron chi connectivity index (χ1n) is 13.7. The van der Waals surface area contributed by atoms with Gasteiger partial charge in [0.25, 0.3) is 0 Å². The van der Waals surface area contributed by atoms with Crippen LogP contribution in [0, 0.1) is 12.7 Å². The lowest BCUT2D eigenvalue weighted by molar-refractivity contribution is -0.140. The Balaban J connectivity index is 2.08. The van der Waals surface area contributed by atoms with E-state index in [1.807, 2.05) is 68.4 Å². The highest BCUT2D eigenvalue weighted by molar-refractivity contribution is 7.90. The number of carbonyl (C=O) groups is 2. The summed E-state index contributed by atoms with van der Waals surface area (Å²) in [4.78, 5) is 29.3. The van der Waals surface area contributed by atoms with Crippen LogP contribution in [0.5, 0.6) is 0 Å². The van der Waals surface area contributed by atoms with E-state index >= 15 is 0 Å². The van der Waals surface area contributed by atoms with Gasteiger partial charge in [0, 0.05) is 33.6 Å². The number of hydrogen-bond donors (Lipinski definition) is 1.